The van der Waals surface area contributed by atoms with Crippen LogP contribution in [0.4, 0.5) is 17.2 Å². The van der Waals surface area contributed by atoms with Gasteiger partial charge in [-0.25, -0.2) is 9.50 Å². The Morgan fingerprint density at radius 3 is 2.55 bits per heavy atom. The first-order valence-electron chi connectivity index (χ1n) is 11.0. The molecule has 0 spiro atoms. The summed E-state index contributed by atoms with van der Waals surface area (Å²) in [5.74, 6) is 0.901. The van der Waals surface area contributed by atoms with E-state index in [0.717, 1.165) is 54.7 Å². The molecule has 1 aliphatic rings. The fraction of sp³-hybridized carbons (Fsp3) is 0.280. The predicted molar refractivity (Wildman–Crippen MR) is 126 cm³/mol. The third-order valence-electron chi connectivity index (χ3n) is 6.23. The highest BCUT2D eigenvalue weighted by Gasteiger charge is 2.27. The molecule has 0 unspecified atom stereocenters. The van der Waals surface area contributed by atoms with Gasteiger partial charge in [-0.05, 0) is 61.3 Å². The number of nitrogen functional groups attached to an aromatic ring is 1. The Labute approximate surface area is 182 Å². The van der Waals surface area contributed by atoms with Gasteiger partial charge in [0.25, 0.3) is 0 Å². The molecule has 2 heterocycles. The first-order chi connectivity index (χ1) is 15.2. The fourth-order valence-corrected chi connectivity index (χ4v) is 4.65. The minimum Gasteiger partial charge on any atom is -0.382 e. The van der Waals surface area contributed by atoms with E-state index in [2.05, 4.69) is 63.9 Å². The molecule has 4 aromatic rings. The van der Waals surface area contributed by atoms with Crippen LogP contribution >= 0.6 is 0 Å². The van der Waals surface area contributed by atoms with E-state index >= 15 is 0 Å². The van der Waals surface area contributed by atoms with Gasteiger partial charge in [0, 0.05) is 29.7 Å². The molecular formula is C25H28N6. The number of hydrogen-bond acceptors (Lipinski definition) is 5. The molecule has 5 N–H and O–H groups in total. The van der Waals surface area contributed by atoms with Crippen LogP contribution in [0.1, 0.15) is 48.3 Å². The summed E-state index contributed by atoms with van der Waals surface area (Å²) in [4.78, 5) is 4.57. The maximum Gasteiger partial charge on any atom is 0.177 e. The molecule has 1 fully saturated rings. The molecule has 0 atom stereocenters. The normalized spacial score (nSPS) is 18.9. The van der Waals surface area contributed by atoms with Crippen molar-refractivity contribution in [3.63, 3.8) is 0 Å². The lowest BCUT2D eigenvalue weighted by Crippen LogP contribution is -2.26. The van der Waals surface area contributed by atoms with Gasteiger partial charge in [0.1, 0.15) is 5.82 Å². The number of nitrogens with one attached hydrogen (secondary N) is 1. The second kappa shape index (κ2) is 8.40. The van der Waals surface area contributed by atoms with Gasteiger partial charge in [0.05, 0.1) is 5.69 Å². The minimum absolute atomic E-state index is 0.284. The number of aromatic nitrogens is 3. The van der Waals surface area contributed by atoms with Crippen LogP contribution in [0.25, 0.3) is 5.65 Å². The van der Waals surface area contributed by atoms with Crippen molar-refractivity contribution in [2.24, 2.45) is 5.73 Å². The van der Waals surface area contributed by atoms with Crippen LogP contribution in [0.3, 0.4) is 0 Å². The van der Waals surface area contributed by atoms with Gasteiger partial charge < -0.3 is 16.8 Å². The smallest absolute Gasteiger partial charge is 0.177 e. The number of fused-ring (bicyclic) bond motifs is 1. The molecule has 0 aliphatic heterocycles. The summed E-state index contributed by atoms with van der Waals surface area (Å²) in [5, 5.41) is 8.21. The van der Waals surface area contributed by atoms with Crippen LogP contribution in [0.2, 0.25) is 0 Å². The SMILES string of the molecule is Nc1nn2ccnc2c(Nc2cccc(Cc3ccccc3)c2)c1C1CCC(N)CC1. The molecule has 2 aromatic heterocycles. The van der Waals surface area contributed by atoms with Gasteiger partial charge in [-0.2, -0.15) is 0 Å². The third-order valence-corrected chi connectivity index (χ3v) is 6.23. The van der Waals surface area contributed by atoms with Crippen LogP contribution in [0.5, 0.6) is 0 Å². The molecule has 2 aromatic carbocycles. The largest absolute Gasteiger partial charge is 0.382 e. The molecule has 0 bridgehead atoms. The summed E-state index contributed by atoms with van der Waals surface area (Å²) in [6.07, 6.45) is 8.55. The van der Waals surface area contributed by atoms with Crippen molar-refractivity contribution in [2.75, 3.05) is 11.1 Å². The summed E-state index contributed by atoms with van der Waals surface area (Å²) in [6.45, 7) is 0. The lowest BCUT2D eigenvalue weighted by Gasteiger charge is -2.28. The zero-order chi connectivity index (χ0) is 21.2. The monoisotopic (exact) mass is 412 g/mol. The summed E-state index contributed by atoms with van der Waals surface area (Å²) in [5.41, 5.74) is 19.0. The van der Waals surface area contributed by atoms with Crippen LogP contribution in [0.15, 0.2) is 67.0 Å². The number of nitrogens with two attached hydrogens (primary N) is 2. The molecule has 1 saturated carbocycles. The number of hydrogen-bond donors (Lipinski definition) is 3. The van der Waals surface area contributed by atoms with E-state index in [4.69, 9.17) is 11.5 Å². The second-order valence-corrected chi connectivity index (χ2v) is 8.47. The average molecular weight is 413 g/mol. The molecule has 0 radical (unpaired) electrons. The standard InChI is InChI=1S/C25H28N6/c26-20-11-9-19(10-12-20)22-23(25-28-13-14-31(25)30-24(22)27)29-21-8-4-7-18(16-21)15-17-5-2-1-3-6-17/h1-8,13-14,16,19-20,29H,9-12,15,26H2,(H2,27,30). The van der Waals surface area contributed by atoms with Crippen molar-refractivity contribution < 1.29 is 0 Å². The van der Waals surface area contributed by atoms with Gasteiger partial charge in [-0.3, -0.25) is 0 Å². The van der Waals surface area contributed by atoms with Gasteiger partial charge in [-0.15, -0.1) is 5.10 Å². The lowest BCUT2D eigenvalue weighted by molar-refractivity contribution is 0.396. The van der Waals surface area contributed by atoms with E-state index in [-0.39, 0.29) is 6.04 Å². The minimum atomic E-state index is 0.284. The van der Waals surface area contributed by atoms with Crippen molar-refractivity contribution in [3.05, 3.63) is 83.7 Å². The van der Waals surface area contributed by atoms with E-state index in [1.165, 1.54) is 11.1 Å². The highest BCUT2D eigenvalue weighted by molar-refractivity contribution is 5.80. The molecule has 0 amide bonds. The second-order valence-electron chi connectivity index (χ2n) is 8.47. The van der Waals surface area contributed by atoms with E-state index in [1.54, 1.807) is 10.7 Å². The molecule has 6 nitrogen and oxygen atoms in total. The first kappa shape index (κ1) is 19.6. The van der Waals surface area contributed by atoms with Crippen LogP contribution < -0.4 is 16.8 Å². The zero-order valence-corrected chi connectivity index (χ0v) is 17.5. The summed E-state index contributed by atoms with van der Waals surface area (Å²) in [7, 11) is 0. The number of nitrogens with zero attached hydrogens (tertiary/aromatic N) is 3. The Hall–Kier alpha value is -3.38. The Bertz CT molecular complexity index is 1180. The highest BCUT2D eigenvalue weighted by atomic mass is 15.3. The van der Waals surface area contributed by atoms with Crippen molar-refractivity contribution in [1.82, 2.24) is 14.6 Å². The van der Waals surface area contributed by atoms with Crippen LogP contribution in [-0.2, 0) is 6.42 Å². The Balaban J connectivity index is 1.50. The quantitative estimate of drug-likeness (QED) is 0.444. The van der Waals surface area contributed by atoms with Crippen molar-refractivity contribution in [1.29, 1.82) is 0 Å². The highest BCUT2D eigenvalue weighted by Crippen LogP contribution is 2.41. The number of anilines is 3. The first-order valence-corrected chi connectivity index (χ1v) is 11.0. The van der Waals surface area contributed by atoms with E-state index in [9.17, 15) is 0 Å². The Morgan fingerprint density at radius 1 is 0.968 bits per heavy atom. The molecule has 5 rings (SSSR count). The predicted octanol–water partition coefficient (Wildman–Crippen LogP) is 4.63. The van der Waals surface area contributed by atoms with Crippen molar-refractivity contribution >= 4 is 22.8 Å². The van der Waals surface area contributed by atoms with E-state index < -0.39 is 0 Å². The van der Waals surface area contributed by atoms with Crippen LogP contribution in [-0.4, -0.2) is 20.6 Å². The zero-order valence-electron chi connectivity index (χ0n) is 17.5. The van der Waals surface area contributed by atoms with Crippen molar-refractivity contribution in [2.45, 2.75) is 44.1 Å². The molecule has 6 heteroatoms. The number of imidazole rings is 1. The summed E-state index contributed by atoms with van der Waals surface area (Å²) >= 11 is 0. The fourth-order valence-electron chi connectivity index (χ4n) is 4.65. The Kier molecular flexibility index (Phi) is 5.30. The molecule has 0 saturated heterocycles. The van der Waals surface area contributed by atoms with E-state index in [1.807, 2.05) is 12.3 Å². The third kappa shape index (κ3) is 4.11. The maximum absolute atomic E-state index is 6.47. The molecular weight excluding hydrogens is 384 g/mol. The molecule has 158 valence electrons. The number of benzene rings is 2. The summed E-state index contributed by atoms with van der Waals surface area (Å²) in [6, 6.07) is 19.3. The molecule has 31 heavy (non-hydrogen) atoms. The van der Waals surface area contributed by atoms with E-state index in [0.29, 0.717) is 11.7 Å². The maximum atomic E-state index is 6.47. The van der Waals surface area contributed by atoms with Gasteiger partial charge in [0.15, 0.2) is 5.65 Å². The lowest BCUT2D eigenvalue weighted by atomic mass is 9.81. The number of rotatable bonds is 5. The average Bonchev–Trinajstić information content (AvgIpc) is 3.24. The van der Waals surface area contributed by atoms with Gasteiger partial charge >= 0.3 is 0 Å². The van der Waals surface area contributed by atoms with Crippen molar-refractivity contribution in [3.8, 4) is 0 Å². The van der Waals surface area contributed by atoms with Crippen LogP contribution in [0, 0.1) is 0 Å². The topological polar surface area (TPSA) is 94.3 Å². The summed E-state index contributed by atoms with van der Waals surface area (Å²) < 4.78 is 1.75. The molecule has 1 aliphatic carbocycles. The van der Waals surface area contributed by atoms with Gasteiger partial charge in [-0.1, -0.05) is 42.5 Å². The Morgan fingerprint density at radius 2 is 1.74 bits per heavy atom. The van der Waals surface area contributed by atoms with Gasteiger partial charge in [0.2, 0.25) is 0 Å².